The van der Waals surface area contributed by atoms with Gasteiger partial charge in [0.25, 0.3) is 0 Å². The van der Waals surface area contributed by atoms with Crippen LogP contribution in [0.3, 0.4) is 0 Å². The van der Waals surface area contributed by atoms with Gasteiger partial charge in [0.05, 0.1) is 0 Å². The molecule has 12 nitrogen and oxygen atoms in total. The predicted molar refractivity (Wildman–Crippen MR) is 396 cm³/mol. The lowest BCUT2D eigenvalue weighted by atomic mass is 9.78. The topological polar surface area (TPSA) is 312 Å². The highest BCUT2D eigenvalue weighted by Crippen LogP contribution is 2.28. The lowest BCUT2D eigenvalue weighted by Crippen LogP contribution is -2.35. The molecule has 5 saturated carbocycles. The molecule has 0 heterocycles. The van der Waals surface area contributed by atoms with Crippen LogP contribution in [0.2, 0.25) is 0 Å². The summed E-state index contributed by atoms with van der Waals surface area (Å²) in [7, 11) is 0. The van der Waals surface area contributed by atoms with Gasteiger partial charge < -0.3 is 68.8 Å². The van der Waals surface area contributed by atoms with Gasteiger partial charge in [0.2, 0.25) is 0 Å². The van der Waals surface area contributed by atoms with Crippen LogP contribution in [0.5, 0.6) is 0 Å². The number of nitrogens with two attached hydrogens (primary N) is 12. The zero-order chi connectivity index (χ0) is 68.8. The molecular weight excluding hydrogens is 1060 g/mol. The summed E-state index contributed by atoms with van der Waals surface area (Å²) < 4.78 is 0. The van der Waals surface area contributed by atoms with Gasteiger partial charge in [-0.15, -0.1) is 0 Å². The van der Waals surface area contributed by atoms with Crippen molar-refractivity contribution in [3.63, 3.8) is 0 Å². The molecule has 0 aromatic carbocycles. The Bertz CT molecular complexity index is 1200. The Morgan fingerprint density at radius 1 is 0.442 bits per heavy atom. The van der Waals surface area contributed by atoms with Gasteiger partial charge in [-0.1, -0.05) is 209 Å². The molecule has 86 heavy (non-hydrogen) atoms. The van der Waals surface area contributed by atoms with Crippen LogP contribution in [0.4, 0.5) is 0 Å². The van der Waals surface area contributed by atoms with Crippen LogP contribution in [0.25, 0.3) is 0 Å². The highest BCUT2D eigenvalue weighted by Gasteiger charge is 2.23. The Kier molecular flexibility index (Phi) is 72.9. The molecule has 13 atom stereocenters. The van der Waals surface area contributed by atoms with Crippen LogP contribution in [0.1, 0.15) is 340 Å². The van der Waals surface area contributed by atoms with E-state index in [0.717, 1.165) is 73.8 Å². The third-order valence-corrected chi connectivity index (χ3v) is 17.7. The Morgan fingerprint density at radius 3 is 1.05 bits per heavy atom. The van der Waals surface area contributed by atoms with Gasteiger partial charge in [0.1, 0.15) is 0 Å². The quantitative estimate of drug-likeness (QED) is 0.0919. The second-order valence-electron chi connectivity index (χ2n) is 31.5. The van der Waals surface area contributed by atoms with Crippen molar-refractivity contribution in [3.8, 4) is 0 Å². The lowest BCUT2D eigenvalue weighted by Gasteiger charge is -2.31. The maximum atomic E-state index is 5.87. The standard InChI is InChI=1S/C8H17N.3C7H15N.C6H13N.5C6H15N.C5H13N.C4H11N/c1-6-4-3-5-8(9)7(6)2;1-6-2-4-7(8)5-3-6;1-6-3-2-4-7(8)5-6;1-6-4-2-3-5-7(6)8;7-6-4-2-1-3-5-6;1-5(2)6(3)4-7;1-5(2)4-6(3)7;1-4-5(2)6(3)7;1-4-6(7)5(2)3;1-3-5-6(7)4-2;1-5(2,3)4-6;1-4(2,3)5/h6-8H,3-5,9H2,1-2H3;3*6-7H,2-5,8H2,1H3;6H,1-5,7H2;4*5-6H,4,7H2,1-3H3;6H,3-5,7H2,1-2H3;4,6H2,1-3H3;5H2,1-3H3. The van der Waals surface area contributed by atoms with Crippen molar-refractivity contribution in [1.82, 2.24) is 0 Å². The second-order valence-corrected chi connectivity index (χ2v) is 31.5. The van der Waals surface area contributed by atoms with Gasteiger partial charge in [-0.05, 0) is 209 Å². The molecule has 0 spiro atoms. The van der Waals surface area contributed by atoms with Gasteiger partial charge in [0, 0.05) is 59.9 Å². The zero-order valence-electron chi connectivity index (χ0n) is 63.7. The molecular formula is C74H174N12. The number of rotatable bonds is 11. The summed E-state index contributed by atoms with van der Waals surface area (Å²) in [6, 6.07) is 4.14. The van der Waals surface area contributed by atoms with E-state index in [1.807, 2.05) is 34.6 Å². The molecule has 0 saturated heterocycles. The summed E-state index contributed by atoms with van der Waals surface area (Å²) in [4.78, 5) is 0. The van der Waals surface area contributed by atoms with E-state index < -0.39 is 0 Å². The molecule has 0 aromatic heterocycles. The smallest absolute Gasteiger partial charge is 0.00686 e. The molecule has 530 valence electrons. The fraction of sp³-hybridized carbons (Fsp3) is 1.00. The first-order valence-corrected chi connectivity index (χ1v) is 36.5. The van der Waals surface area contributed by atoms with Crippen LogP contribution in [0, 0.1) is 64.6 Å². The van der Waals surface area contributed by atoms with Crippen molar-refractivity contribution in [2.24, 2.45) is 133 Å². The second kappa shape index (κ2) is 63.3. The van der Waals surface area contributed by atoms with Gasteiger partial charge in [0.15, 0.2) is 0 Å². The molecule has 24 N–H and O–H groups in total. The fourth-order valence-corrected chi connectivity index (χ4v) is 9.30. The average Bonchev–Trinajstić information content (AvgIpc) is 3.49. The minimum atomic E-state index is 0. The molecule has 5 rings (SSSR count). The third-order valence-electron chi connectivity index (χ3n) is 17.7. The minimum absolute atomic E-state index is 0. The first-order valence-electron chi connectivity index (χ1n) is 36.5. The summed E-state index contributed by atoms with van der Waals surface area (Å²) in [5.41, 5.74) is 67.3. The SMILES string of the molecule is CC(C)(C)CN.CC(C)(C)N.CC(C)C(C)CN.CC(C)CC(C)N.CC1CCC(N)CC1.CC1CCCC(N)C1.CC1CCCC(N)C1C.CC1CCCCC1N.CCC(C)C(C)N.CCC(N)C(C)C.CCCC(N)CC.NC1CCCCC1. The molecule has 0 amide bonds. The predicted octanol–water partition coefficient (Wildman–Crippen LogP) is 16.3. The van der Waals surface area contributed by atoms with E-state index in [1.54, 1.807) is 0 Å². The van der Waals surface area contributed by atoms with Crippen LogP contribution in [-0.2, 0) is 0 Å². The molecule has 0 aliphatic heterocycles. The Balaban J connectivity index is -0.000000159. The van der Waals surface area contributed by atoms with Gasteiger partial charge in [-0.25, -0.2) is 0 Å². The highest BCUT2D eigenvalue weighted by molar-refractivity contribution is 4.79. The Morgan fingerprint density at radius 2 is 0.860 bits per heavy atom. The van der Waals surface area contributed by atoms with E-state index in [-0.39, 0.29) is 5.54 Å². The van der Waals surface area contributed by atoms with Crippen LogP contribution < -0.4 is 68.8 Å². The first-order chi connectivity index (χ1) is 39.5. The zero-order valence-corrected chi connectivity index (χ0v) is 63.7. The van der Waals surface area contributed by atoms with Crippen LogP contribution in [-0.4, -0.2) is 73.0 Å². The van der Waals surface area contributed by atoms with Crippen LogP contribution >= 0.6 is 0 Å². The molecule has 12 heteroatoms. The summed E-state index contributed by atoms with van der Waals surface area (Å²) in [5, 5.41) is 0. The Labute approximate surface area is 543 Å². The van der Waals surface area contributed by atoms with Crippen molar-refractivity contribution in [2.75, 3.05) is 13.1 Å². The largest absolute Gasteiger partial charge is 0.330 e. The van der Waals surface area contributed by atoms with Crippen molar-refractivity contribution in [2.45, 2.75) is 400 Å². The summed E-state index contributed by atoms with van der Waals surface area (Å²) >= 11 is 0. The monoisotopic (exact) mass is 1230 g/mol. The maximum Gasteiger partial charge on any atom is 0.00686 e. The van der Waals surface area contributed by atoms with E-state index in [0.29, 0.717) is 77.5 Å². The summed E-state index contributed by atoms with van der Waals surface area (Å²) in [6.45, 7) is 55.3. The molecule has 0 aromatic rings. The van der Waals surface area contributed by atoms with E-state index >= 15 is 0 Å². The average molecular weight is 1230 g/mol. The fourth-order valence-electron chi connectivity index (χ4n) is 9.30. The molecule has 0 radical (unpaired) electrons. The molecule has 5 fully saturated rings. The molecule has 13 unspecified atom stereocenters. The third kappa shape index (κ3) is 83.5. The van der Waals surface area contributed by atoms with Gasteiger partial charge >= 0.3 is 0 Å². The number of hydrogen-bond donors (Lipinski definition) is 12. The van der Waals surface area contributed by atoms with Gasteiger partial charge in [-0.2, -0.15) is 0 Å². The van der Waals surface area contributed by atoms with E-state index in [9.17, 15) is 0 Å². The van der Waals surface area contributed by atoms with E-state index in [2.05, 4.69) is 138 Å². The van der Waals surface area contributed by atoms with Gasteiger partial charge in [-0.3, -0.25) is 0 Å². The molecule has 0 bridgehead atoms. The van der Waals surface area contributed by atoms with Crippen molar-refractivity contribution < 1.29 is 0 Å². The van der Waals surface area contributed by atoms with E-state index in [1.165, 1.54) is 148 Å². The lowest BCUT2D eigenvalue weighted by molar-refractivity contribution is 0.240. The van der Waals surface area contributed by atoms with Crippen molar-refractivity contribution >= 4 is 0 Å². The maximum absolute atomic E-state index is 5.87. The van der Waals surface area contributed by atoms with Crippen LogP contribution in [0.15, 0.2) is 0 Å². The molecule has 5 aliphatic rings. The normalized spacial score (nSPS) is 25.7. The first kappa shape index (κ1) is 99.1. The van der Waals surface area contributed by atoms with Crippen molar-refractivity contribution in [3.05, 3.63) is 0 Å². The Hall–Kier alpha value is -0.480. The molecule has 5 aliphatic carbocycles. The highest BCUT2D eigenvalue weighted by atomic mass is 14.7. The summed E-state index contributed by atoms with van der Waals surface area (Å²) in [5.74, 6) is 7.71. The number of hydrogen-bond acceptors (Lipinski definition) is 12. The minimum Gasteiger partial charge on any atom is -0.330 e. The van der Waals surface area contributed by atoms with E-state index in [4.69, 9.17) is 68.8 Å². The summed E-state index contributed by atoms with van der Waals surface area (Å²) in [6.07, 6.45) is 33.4. The van der Waals surface area contributed by atoms with Crippen molar-refractivity contribution in [1.29, 1.82) is 0 Å².